The molecule has 0 saturated carbocycles. The molecule has 8 nitrogen and oxygen atoms in total. The van der Waals surface area contributed by atoms with Crippen LogP contribution in [0.15, 0.2) is 16.3 Å². The predicted molar refractivity (Wildman–Crippen MR) is 92.9 cm³/mol. The molecular formula is C15H18N4O4S2. The molecule has 0 bridgehead atoms. The summed E-state index contributed by atoms with van der Waals surface area (Å²) >= 11 is 1.40. The number of methoxy groups -OCH3 is 1. The molecule has 1 N–H and O–H groups in total. The average Bonchev–Trinajstić information content (AvgIpc) is 3.16. The quantitative estimate of drug-likeness (QED) is 0.600. The van der Waals surface area contributed by atoms with Crippen molar-refractivity contribution in [1.29, 1.82) is 0 Å². The van der Waals surface area contributed by atoms with Crippen LogP contribution in [-0.2, 0) is 28.4 Å². The second kappa shape index (κ2) is 6.17. The number of nitrogens with one attached hydrogen (secondary N) is 1. The molecule has 3 heterocycles. The zero-order valence-electron chi connectivity index (χ0n) is 13.7. The summed E-state index contributed by atoms with van der Waals surface area (Å²) in [6, 6.07) is -0.107. The van der Waals surface area contributed by atoms with Crippen LogP contribution in [-0.4, -0.2) is 46.6 Å². The molecule has 10 heteroatoms. The van der Waals surface area contributed by atoms with Gasteiger partial charge in [0.2, 0.25) is 5.88 Å². The predicted octanol–water partition coefficient (Wildman–Crippen LogP) is 0.726. The smallest absolute Gasteiger partial charge is 0.254 e. The number of thioether (sulfide) groups is 1. The summed E-state index contributed by atoms with van der Waals surface area (Å²) in [6.45, 7) is 0. The number of H-pyrrole nitrogens is 1. The van der Waals surface area contributed by atoms with Crippen LogP contribution in [0.1, 0.15) is 29.4 Å². The molecule has 0 radical (unpaired) electrons. The van der Waals surface area contributed by atoms with Gasteiger partial charge < -0.3 is 14.3 Å². The van der Waals surface area contributed by atoms with Gasteiger partial charge >= 0.3 is 0 Å². The monoisotopic (exact) mass is 382 g/mol. The first-order chi connectivity index (χ1) is 12.0. The highest BCUT2D eigenvalue weighted by Crippen LogP contribution is 2.32. The number of ether oxygens (including phenoxy) is 1. The van der Waals surface area contributed by atoms with E-state index < -0.39 is 9.84 Å². The van der Waals surface area contributed by atoms with Crippen LogP contribution in [0.4, 0.5) is 0 Å². The zero-order valence-corrected chi connectivity index (χ0v) is 15.3. The van der Waals surface area contributed by atoms with Crippen LogP contribution in [0.3, 0.4) is 0 Å². The number of nitrogens with zero attached hydrogens (tertiary/aromatic N) is 3. The summed E-state index contributed by atoms with van der Waals surface area (Å²) in [5.41, 5.74) is 2.43. The van der Waals surface area contributed by atoms with Gasteiger partial charge in [0.25, 0.3) is 5.56 Å². The van der Waals surface area contributed by atoms with Crippen molar-refractivity contribution in [1.82, 2.24) is 19.5 Å². The van der Waals surface area contributed by atoms with Gasteiger partial charge in [-0.15, -0.1) is 0 Å². The minimum Gasteiger partial charge on any atom is -0.480 e. The molecule has 0 amide bonds. The van der Waals surface area contributed by atoms with E-state index in [9.17, 15) is 13.2 Å². The van der Waals surface area contributed by atoms with Gasteiger partial charge in [-0.05, 0) is 19.3 Å². The molecule has 0 spiro atoms. The SMILES string of the molecule is COc1ncn(C2CS(=O)(=O)C2)c1CSc1nc2c(c(=O)[nH]1)CCC2. The Bertz CT molecular complexity index is 968. The van der Waals surface area contributed by atoms with Gasteiger partial charge in [0.15, 0.2) is 15.0 Å². The maximum absolute atomic E-state index is 12.1. The van der Waals surface area contributed by atoms with Crippen molar-refractivity contribution in [2.45, 2.75) is 36.2 Å². The van der Waals surface area contributed by atoms with Crippen molar-refractivity contribution >= 4 is 21.6 Å². The molecule has 25 heavy (non-hydrogen) atoms. The topological polar surface area (TPSA) is 107 Å². The first-order valence-electron chi connectivity index (χ1n) is 8.02. The zero-order chi connectivity index (χ0) is 17.6. The third-order valence-corrected chi connectivity index (χ3v) is 7.27. The van der Waals surface area contributed by atoms with Gasteiger partial charge in [-0.3, -0.25) is 4.79 Å². The molecule has 0 unspecified atom stereocenters. The second-order valence-corrected chi connectivity index (χ2v) is 9.39. The van der Waals surface area contributed by atoms with E-state index in [1.54, 1.807) is 6.33 Å². The fourth-order valence-electron chi connectivity index (χ4n) is 3.31. The number of rotatable bonds is 5. The number of sulfone groups is 1. The van der Waals surface area contributed by atoms with Crippen LogP contribution in [0.5, 0.6) is 5.88 Å². The Morgan fingerprint density at radius 2 is 2.20 bits per heavy atom. The lowest BCUT2D eigenvalue weighted by molar-refractivity contribution is 0.393. The number of hydrogen-bond donors (Lipinski definition) is 1. The van der Waals surface area contributed by atoms with Gasteiger partial charge in [0, 0.05) is 11.3 Å². The maximum Gasteiger partial charge on any atom is 0.254 e. The third kappa shape index (κ3) is 3.08. The molecule has 134 valence electrons. The van der Waals surface area contributed by atoms with E-state index >= 15 is 0 Å². The minimum absolute atomic E-state index is 0.0597. The molecule has 1 aliphatic heterocycles. The van der Waals surface area contributed by atoms with Crippen LogP contribution >= 0.6 is 11.8 Å². The molecular weight excluding hydrogens is 364 g/mol. The first-order valence-corrected chi connectivity index (χ1v) is 10.8. The normalized spacial score (nSPS) is 18.8. The van der Waals surface area contributed by atoms with E-state index in [1.807, 2.05) is 4.57 Å². The molecule has 1 fully saturated rings. The van der Waals surface area contributed by atoms with Gasteiger partial charge in [0.05, 0.1) is 42.4 Å². The molecule has 1 saturated heterocycles. The Labute approximate surface area is 148 Å². The summed E-state index contributed by atoms with van der Waals surface area (Å²) < 4.78 is 30.1. The van der Waals surface area contributed by atoms with Crippen molar-refractivity contribution in [3.05, 3.63) is 33.6 Å². The van der Waals surface area contributed by atoms with E-state index in [1.165, 1.54) is 18.9 Å². The highest BCUT2D eigenvalue weighted by atomic mass is 32.2. The van der Waals surface area contributed by atoms with Crippen LogP contribution < -0.4 is 10.3 Å². The van der Waals surface area contributed by atoms with Crippen LogP contribution in [0.25, 0.3) is 0 Å². The molecule has 2 aromatic rings. The Morgan fingerprint density at radius 3 is 2.92 bits per heavy atom. The Kier molecular flexibility index (Phi) is 4.11. The van der Waals surface area contributed by atoms with Gasteiger partial charge in [-0.2, -0.15) is 0 Å². The minimum atomic E-state index is -2.93. The molecule has 1 aliphatic carbocycles. The second-order valence-electron chi connectivity index (χ2n) is 6.28. The first kappa shape index (κ1) is 16.6. The maximum atomic E-state index is 12.1. The van der Waals surface area contributed by atoms with Crippen molar-refractivity contribution in [3.63, 3.8) is 0 Å². The number of fused-ring (bicyclic) bond motifs is 1. The molecule has 4 rings (SSSR count). The standard InChI is InChI=1S/C15H18N4O4S2/c1-23-14-12(19(8-16-14)9-6-25(21,22)7-9)5-24-15-17-11-4-2-3-10(11)13(20)18-15/h8-9H,2-7H2,1H3,(H,17,18,20). The number of hydrogen-bond acceptors (Lipinski definition) is 7. The number of aromatic nitrogens is 4. The van der Waals surface area contributed by atoms with E-state index in [0.29, 0.717) is 16.8 Å². The number of aryl methyl sites for hydroxylation is 1. The molecule has 2 aromatic heterocycles. The van der Waals surface area contributed by atoms with Gasteiger partial charge in [0.1, 0.15) is 0 Å². The summed E-state index contributed by atoms with van der Waals surface area (Å²) in [4.78, 5) is 23.7. The van der Waals surface area contributed by atoms with E-state index in [-0.39, 0.29) is 23.1 Å². The van der Waals surface area contributed by atoms with Crippen molar-refractivity contribution in [2.75, 3.05) is 18.6 Å². The largest absolute Gasteiger partial charge is 0.480 e. The third-order valence-electron chi connectivity index (χ3n) is 4.60. The lowest BCUT2D eigenvalue weighted by atomic mass is 10.3. The Balaban J connectivity index is 1.56. The van der Waals surface area contributed by atoms with Crippen molar-refractivity contribution in [2.24, 2.45) is 0 Å². The van der Waals surface area contributed by atoms with E-state index in [0.717, 1.165) is 36.2 Å². The highest BCUT2D eigenvalue weighted by molar-refractivity contribution is 7.98. The number of aromatic amines is 1. The number of imidazole rings is 1. The van der Waals surface area contributed by atoms with Crippen LogP contribution in [0, 0.1) is 0 Å². The Morgan fingerprint density at radius 1 is 1.40 bits per heavy atom. The van der Waals surface area contributed by atoms with Gasteiger partial charge in [-0.1, -0.05) is 11.8 Å². The molecule has 2 aliphatic rings. The Hall–Kier alpha value is -1.81. The average molecular weight is 382 g/mol. The fraction of sp³-hybridized carbons (Fsp3) is 0.533. The highest BCUT2D eigenvalue weighted by Gasteiger charge is 2.36. The fourth-order valence-corrected chi connectivity index (χ4v) is 5.59. The lowest BCUT2D eigenvalue weighted by Crippen LogP contribution is -2.38. The summed E-state index contributed by atoms with van der Waals surface area (Å²) in [7, 11) is -1.39. The van der Waals surface area contributed by atoms with E-state index in [4.69, 9.17) is 4.74 Å². The lowest BCUT2D eigenvalue weighted by Gasteiger charge is -2.28. The van der Waals surface area contributed by atoms with Crippen molar-refractivity contribution < 1.29 is 13.2 Å². The van der Waals surface area contributed by atoms with Crippen LogP contribution in [0.2, 0.25) is 0 Å². The van der Waals surface area contributed by atoms with Gasteiger partial charge in [-0.25, -0.2) is 18.4 Å². The van der Waals surface area contributed by atoms with E-state index in [2.05, 4.69) is 15.0 Å². The molecule has 0 atom stereocenters. The molecule has 0 aromatic carbocycles. The summed E-state index contributed by atoms with van der Waals surface area (Å²) in [5.74, 6) is 1.21. The summed E-state index contributed by atoms with van der Waals surface area (Å²) in [6.07, 6.45) is 4.22. The van der Waals surface area contributed by atoms with Crippen molar-refractivity contribution in [3.8, 4) is 5.88 Å². The summed E-state index contributed by atoms with van der Waals surface area (Å²) in [5, 5.41) is 0.571.